The lowest BCUT2D eigenvalue weighted by Crippen LogP contribution is -2.15. The molecule has 5 heteroatoms. The van der Waals surface area contributed by atoms with Crippen LogP contribution in [0.5, 0.6) is 0 Å². The van der Waals surface area contributed by atoms with Crippen LogP contribution in [0.1, 0.15) is 17.7 Å². The van der Waals surface area contributed by atoms with Gasteiger partial charge in [-0.2, -0.15) is 0 Å². The van der Waals surface area contributed by atoms with Gasteiger partial charge in [0, 0.05) is 22.5 Å². The molecule has 3 aromatic rings. The van der Waals surface area contributed by atoms with Crippen LogP contribution in [0.4, 0.5) is 11.4 Å². The van der Waals surface area contributed by atoms with Crippen molar-refractivity contribution >= 4 is 34.6 Å². The average Bonchev–Trinajstić information content (AvgIpc) is 2.80. The number of anilines is 1. The summed E-state index contributed by atoms with van der Waals surface area (Å²) in [4.78, 5) is 21.4. The van der Waals surface area contributed by atoms with E-state index in [1.165, 1.54) is 0 Å². The van der Waals surface area contributed by atoms with Gasteiger partial charge < -0.3 is 5.32 Å². The summed E-state index contributed by atoms with van der Waals surface area (Å²) in [6.45, 7) is 1.96. The molecule has 0 radical (unpaired) electrons. The Labute approximate surface area is 156 Å². The summed E-state index contributed by atoms with van der Waals surface area (Å²) in [5.74, 6) is -0.104. The van der Waals surface area contributed by atoms with Crippen molar-refractivity contribution in [2.45, 2.75) is 13.3 Å². The average molecular weight is 362 g/mol. The molecule has 0 spiro atoms. The highest BCUT2D eigenvalue weighted by molar-refractivity contribution is 6.31. The van der Waals surface area contributed by atoms with Crippen molar-refractivity contribution in [2.24, 2.45) is 4.99 Å². The van der Waals surface area contributed by atoms with Crippen LogP contribution in [0.25, 0.3) is 11.1 Å². The fourth-order valence-electron chi connectivity index (χ4n) is 2.92. The monoisotopic (exact) mass is 361 g/mol. The highest BCUT2D eigenvalue weighted by atomic mass is 35.5. The molecule has 0 saturated carbocycles. The van der Waals surface area contributed by atoms with Crippen LogP contribution in [0, 0.1) is 6.92 Å². The summed E-state index contributed by atoms with van der Waals surface area (Å²) in [5, 5.41) is 3.43. The normalized spacial score (nSPS) is 13.5. The van der Waals surface area contributed by atoms with E-state index in [9.17, 15) is 4.79 Å². The molecule has 1 amide bonds. The lowest BCUT2D eigenvalue weighted by molar-refractivity contribution is -0.115. The van der Waals surface area contributed by atoms with Gasteiger partial charge in [0.25, 0.3) is 0 Å². The van der Waals surface area contributed by atoms with E-state index in [2.05, 4.69) is 10.3 Å². The molecule has 0 bridgehead atoms. The number of rotatable bonds is 2. The first kappa shape index (κ1) is 16.5. The van der Waals surface area contributed by atoms with Gasteiger partial charge in [-0.15, -0.1) is 0 Å². The molecule has 2 aromatic carbocycles. The van der Waals surface area contributed by atoms with Gasteiger partial charge in [-0.3, -0.25) is 14.8 Å². The number of nitrogens with zero attached hydrogens (tertiary/aromatic N) is 2. The van der Waals surface area contributed by atoms with Crippen molar-refractivity contribution in [2.75, 3.05) is 5.32 Å². The third kappa shape index (κ3) is 3.37. The van der Waals surface area contributed by atoms with E-state index in [0.717, 1.165) is 28.1 Å². The topological polar surface area (TPSA) is 54.4 Å². The summed E-state index contributed by atoms with van der Waals surface area (Å²) < 4.78 is 0. The first-order valence-corrected chi connectivity index (χ1v) is 8.67. The van der Waals surface area contributed by atoms with E-state index in [4.69, 9.17) is 16.6 Å². The molecule has 0 fully saturated rings. The molecule has 4 nitrogen and oxygen atoms in total. The van der Waals surface area contributed by atoms with Gasteiger partial charge >= 0.3 is 0 Å². The third-order valence-electron chi connectivity index (χ3n) is 4.26. The molecule has 0 aliphatic carbocycles. The van der Waals surface area contributed by atoms with Gasteiger partial charge in [-0.05, 0) is 48.4 Å². The van der Waals surface area contributed by atoms with Gasteiger partial charge in [0.05, 0.1) is 23.5 Å². The molecule has 0 atom stereocenters. The van der Waals surface area contributed by atoms with Crippen molar-refractivity contribution in [1.82, 2.24) is 4.98 Å². The van der Waals surface area contributed by atoms with Crippen LogP contribution < -0.4 is 5.32 Å². The van der Waals surface area contributed by atoms with E-state index in [1.54, 1.807) is 12.1 Å². The minimum Gasteiger partial charge on any atom is -0.324 e. The van der Waals surface area contributed by atoms with Crippen LogP contribution in [0.2, 0.25) is 5.02 Å². The Hall–Kier alpha value is -2.98. The summed E-state index contributed by atoms with van der Waals surface area (Å²) in [6.07, 6.45) is 2.06. The molecule has 1 aliphatic rings. The van der Waals surface area contributed by atoms with Gasteiger partial charge in [0.15, 0.2) is 0 Å². The lowest BCUT2D eigenvalue weighted by atomic mass is 10.0. The van der Waals surface area contributed by atoms with Crippen LogP contribution in [-0.2, 0) is 4.79 Å². The maximum atomic E-state index is 12.3. The quantitative estimate of drug-likeness (QED) is 0.684. The van der Waals surface area contributed by atoms with E-state index < -0.39 is 0 Å². The highest BCUT2D eigenvalue weighted by Crippen LogP contribution is 2.32. The second kappa shape index (κ2) is 6.73. The summed E-state index contributed by atoms with van der Waals surface area (Å²) in [6, 6.07) is 17.3. The van der Waals surface area contributed by atoms with Crippen LogP contribution in [0.15, 0.2) is 65.8 Å². The Bertz CT molecular complexity index is 1030. The van der Waals surface area contributed by atoms with Gasteiger partial charge in [0.1, 0.15) is 0 Å². The minimum absolute atomic E-state index is 0.104. The minimum atomic E-state index is -0.104. The van der Waals surface area contributed by atoms with E-state index in [-0.39, 0.29) is 12.3 Å². The third-order valence-corrected chi connectivity index (χ3v) is 4.49. The Kier molecular flexibility index (Phi) is 4.27. The van der Waals surface area contributed by atoms with Crippen molar-refractivity contribution in [1.29, 1.82) is 0 Å². The second-order valence-electron chi connectivity index (χ2n) is 6.21. The molecular weight excluding hydrogens is 346 g/mol. The van der Waals surface area contributed by atoms with E-state index >= 15 is 0 Å². The summed E-state index contributed by atoms with van der Waals surface area (Å²) >= 11 is 6.03. The number of carbonyl (C=O) groups excluding carboxylic acids is 1. The molecule has 128 valence electrons. The molecule has 1 aliphatic heterocycles. The number of pyridine rings is 1. The molecule has 1 aromatic heterocycles. The van der Waals surface area contributed by atoms with Crippen molar-refractivity contribution in [3.63, 3.8) is 0 Å². The zero-order valence-corrected chi connectivity index (χ0v) is 14.9. The Morgan fingerprint density at radius 1 is 1.00 bits per heavy atom. The maximum absolute atomic E-state index is 12.3. The summed E-state index contributed by atoms with van der Waals surface area (Å²) in [7, 11) is 0. The SMILES string of the molecule is Cc1ccc(-c2cccc(C3=Nc4ccc(Cl)cc4NC(=O)C3)c2)cn1. The van der Waals surface area contributed by atoms with E-state index in [1.807, 2.05) is 55.6 Å². The fraction of sp³-hybridized carbons (Fsp3) is 0.0952. The molecule has 2 heterocycles. The van der Waals surface area contributed by atoms with Gasteiger partial charge in [-0.1, -0.05) is 35.9 Å². The van der Waals surface area contributed by atoms with Crippen molar-refractivity contribution < 1.29 is 4.79 Å². The molecular formula is C21H16ClN3O. The van der Waals surface area contributed by atoms with Gasteiger partial charge in [0.2, 0.25) is 5.91 Å². The lowest BCUT2D eigenvalue weighted by Gasteiger charge is -2.07. The van der Waals surface area contributed by atoms with Crippen molar-refractivity contribution in [3.05, 3.63) is 77.1 Å². The van der Waals surface area contributed by atoms with Crippen LogP contribution >= 0.6 is 11.6 Å². The second-order valence-corrected chi connectivity index (χ2v) is 6.65. The number of carbonyl (C=O) groups is 1. The number of halogens is 1. The highest BCUT2D eigenvalue weighted by Gasteiger charge is 2.17. The van der Waals surface area contributed by atoms with Gasteiger partial charge in [-0.25, -0.2) is 0 Å². The largest absolute Gasteiger partial charge is 0.324 e. The fourth-order valence-corrected chi connectivity index (χ4v) is 3.09. The Morgan fingerprint density at radius 2 is 1.85 bits per heavy atom. The Balaban J connectivity index is 1.77. The first-order chi connectivity index (χ1) is 12.6. The number of aryl methyl sites for hydroxylation is 1. The van der Waals surface area contributed by atoms with E-state index in [0.29, 0.717) is 16.4 Å². The molecule has 26 heavy (non-hydrogen) atoms. The number of aromatic nitrogens is 1. The molecule has 0 unspecified atom stereocenters. The predicted molar refractivity (Wildman–Crippen MR) is 105 cm³/mol. The van der Waals surface area contributed by atoms with Crippen LogP contribution in [-0.4, -0.2) is 16.6 Å². The zero-order chi connectivity index (χ0) is 18.1. The number of hydrogen-bond acceptors (Lipinski definition) is 3. The van der Waals surface area contributed by atoms with Crippen LogP contribution in [0.3, 0.4) is 0 Å². The number of amides is 1. The number of benzene rings is 2. The maximum Gasteiger partial charge on any atom is 0.230 e. The smallest absolute Gasteiger partial charge is 0.230 e. The zero-order valence-electron chi connectivity index (χ0n) is 14.2. The summed E-state index contributed by atoms with van der Waals surface area (Å²) in [5.41, 5.74) is 6.03. The molecule has 4 rings (SSSR count). The first-order valence-electron chi connectivity index (χ1n) is 8.29. The molecule has 1 N–H and O–H groups in total. The standard InChI is InChI=1S/C21H16ClN3O/c1-13-5-6-16(12-23-13)14-3-2-4-15(9-14)19-11-21(26)25-20-10-17(22)7-8-18(20)24-19/h2-10,12H,11H2,1H3,(H,25,26). The number of fused-ring (bicyclic) bond motifs is 1. The van der Waals surface area contributed by atoms with Crippen molar-refractivity contribution in [3.8, 4) is 11.1 Å². The number of aliphatic imine (C=N–C) groups is 1. The number of hydrogen-bond donors (Lipinski definition) is 1. The molecule has 0 saturated heterocycles. The predicted octanol–water partition coefficient (Wildman–Crippen LogP) is 5.17. The number of nitrogens with one attached hydrogen (secondary N) is 1. The Morgan fingerprint density at radius 3 is 2.65 bits per heavy atom.